The van der Waals surface area contributed by atoms with E-state index in [1.165, 1.54) is 23.4 Å². The van der Waals surface area contributed by atoms with E-state index in [1.54, 1.807) is 12.6 Å². The van der Waals surface area contributed by atoms with E-state index in [-0.39, 0.29) is 5.91 Å². The highest BCUT2D eigenvalue weighted by Crippen LogP contribution is 2.29. The maximum Gasteiger partial charge on any atom is 0.265 e. The average molecular weight is 401 g/mol. The van der Waals surface area contributed by atoms with E-state index >= 15 is 0 Å². The van der Waals surface area contributed by atoms with Crippen LogP contribution in [-0.4, -0.2) is 73.1 Å². The molecule has 2 aliphatic rings. The summed E-state index contributed by atoms with van der Waals surface area (Å²) in [6.45, 7) is 7.60. The Bertz CT molecular complexity index is 816. The number of aryl methyl sites for hydroxylation is 1. The van der Waals surface area contributed by atoms with Crippen LogP contribution in [0.25, 0.3) is 0 Å². The second-order valence-electron chi connectivity index (χ2n) is 7.51. The van der Waals surface area contributed by atoms with Crippen LogP contribution in [0.2, 0.25) is 0 Å². The number of anilines is 1. The van der Waals surface area contributed by atoms with Crippen molar-refractivity contribution in [2.24, 2.45) is 0 Å². The molecule has 0 bridgehead atoms. The van der Waals surface area contributed by atoms with Gasteiger partial charge in [0.25, 0.3) is 5.91 Å². The molecule has 6 nitrogen and oxygen atoms in total. The van der Waals surface area contributed by atoms with Gasteiger partial charge < -0.3 is 14.5 Å². The number of nitrogens with zero attached hydrogens (tertiary/aromatic N) is 4. The fraction of sp³-hybridized carbons (Fsp3) is 0.524. The SMILES string of the molecule is COc1ccccc1N1CCN(C2CCCN(C(=O)c3scnc3C)C2)CC1. The number of likely N-dealkylation sites (tertiary alicyclic amines) is 1. The number of piperazine rings is 1. The van der Waals surface area contributed by atoms with Crippen molar-refractivity contribution in [3.05, 3.63) is 40.3 Å². The van der Waals surface area contributed by atoms with Gasteiger partial charge in [0.05, 0.1) is 24.0 Å². The monoisotopic (exact) mass is 400 g/mol. The summed E-state index contributed by atoms with van der Waals surface area (Å²) in [4.78, 5) is 24.9. The standard InChI is InChI=1S/C21H28N4O2S/c1-16-20(28-15-22-16)21(26)25-9-5-6-17(14-25)23-10-12-24(13-11-23)18-7-3-4-8-19(18)27-2/h3-4,7-8,15,17H,5-6,9-14H2,1-2H3. The molecule has 2 saturated heterocycles. The van der Waals surface area contributed by atoms with Crippen molar-refractivity contribution < 1.29 is 9.53 Å². The number of hydrogen-bond donors (Lipinski definition) is 0. The van der Waals surface area contributed by atoms with Gasteiger partial charge in [-0.25, -0.2) is 4.98 Å². The van der Waals surface area contributed by atoms with Gasteiger partial charge in [-0.05, 0) is 31.9 Å². The molecule has 2 aliphatic heterocycles. The van der Waals surface area contributed by atoms with Gasteiger partial charge in [0.2, 0.25) is 0 Å². The number of ether oxygens (including phenoxy) is 1. The fourth-order valence-electron chi connectivity index (χ4n) is 4.31. The van der Waals surface area contributed by atoms with Gasteiger partial charge in [-0.3, -0.25) is 9.69 Å². The number of hydrogen-bond acceptors (Lipinski definition) is 6. The molecular weight excluding hydrogens is 372 g/mol. The second kappa shape index (κ2) is 8.49. The second-order valence-corrected chi connectivity index (χ2v) is 8.36. The van der Waals surface area contributed by atoms with Gasteiger partial charge in [-0.15, -0.1) is 11.3 Å². The van der Waals surface area contributed by atoms with Crippen molar-refractivity contribution in [2.75, 3.05) is 51.3 Å². The van der Waals surface area contributed by atoms with Crippen LogP contribution in [0, 0.1) is 6.92 Å². The Morgan fingerprint density at radius 1 is 1.18 bits per heavy atom. The lowest BCUT2D eigenvalue weighted by atomic mass is 10.0. The van der Waals surface area contributed by atoms with E-state index in [0.29, 0.717) is 6.04 Å². The number of amides is 1. The number of carbonyl (C=O) groups is 1. The maximum absolute atomic E-state index is 12.9. The molecule has 7 heteroatoms. The van der Waals surface area contributed by atoms with Crippen LogP contribution in [0.4, 0.5) is 5.69 Å². The van der Waals surface area contributed by atoms with E-state index in [2.05, 4.69) is 26.9 Å². The molecular formula is C21H28N4O2S. The molecule has 0 aliphatic carbocycles. The van der Waals surface area contributed by atoms with Crippen molar-refractivity contribution in [3.63, 3.8) is 0 Å². The number of methoxy groups -OCH3 is 1. The predicted octanol–water partition coefficient (Wildman–Crippen LogP) is 2.89. The predicted molar refractivity (Wildman–Crippen MR) is 113 cm³/mol. The number of para-hydroxylation sites is 2. The summed E-state index contributed by atoms with van der Waals surface area (Å²) in [6.07, 6.45) is 2.24. The molecule has 1 aromatic carbocycles. The van der Waals surface area contributed by atoms with Crippen LogP contribution in [-0.2, 0) is 0 Å². The number of carbonyl (C=O) groups excluding carboxylic acids is 1. The molecule has 0 saturated carbocycles. The first-order chi connectivity index (χ1) is 13.7. The van der Waals surface area contributed by atoms with Crippen LogP contribution in [0.1, 0.15) is 28.2 Å². The minimum atomic E-state index is 0.150. The zero-order chi connectivity index (χ0) is 19.5. The number of aromatic nitrogens is 1. The molecule has 2 fully saturated rings. The van der Waals surface area contributed by atoms with Crippen LogP contribution in [0.3, 0.4) is 0 Å². The molecule has 150 valence electrons. The highest BCUT2D eigenvalue weighted by atomic mass is 32.1. The van der Waals surface area contributed by atoms with Gasteiger partial charge in [0, 0.05) is 45.3 Å². The largest absolute Gasteiger partial charge is 0.495 e. The fourth-order valence-corrected chi connectivity index (χ4v) is 5.08. The number of benzene rings is 1. The summed E-state index contributed by atoms with van der Waals surface area (Å²) >= 11 is 1.46. The van der Waals surface area contributed by atoms with E-state index in [0.717, 1.165) is 62.0 Å². The van der Waals surface area contributed by atoms with Crippen LogP contribution in [0.15, 0.2) is 29.8 Å². The van der Waals surface area contributed by atoms with Gasteiger partial charge >= 0.3 is 0 Å². The quantitative estimate of drug-likeness (QED) is 0.790. The summed E-state index contributed by atoms with van der Waals surface area (Å²) in [7, 11) is 1.73. The summed E-state index contributed by atoms with van der Waals surface area (Å²) in [5.41, 5.74) is 3.79. The first kappa shape index (κ1) is 19.2. The number of piperidine rings is 1. The highest BCUT2D eigenvalue weighted by molar-refractivity contribution is 7.11. The maximum atomic E-state index is 12.9. The number of rotatable bonds is 4. The Balaban J connectivity index is 1.37. The van der Waals surface area contributed by atoms with Crippen LogP contribution >= 0.6 is 11.3 Å². The molecule has 3 heterocycles. The zero-order valence-electron chi connectivity index (χ0n) is 16.6. The number of thiazole rings is 1. The van der Waals surface area contributed by atoms with Gasteiger partial charge in [0.1, 0.15) is 10.6 Å². The third kappa shape index (κ3) is 3.86. The first-order valence-electron chi connectivity index (χ1n) is 9.98. The molecule has 28 heavy (non-hydrogen) atoms. The molecule has 0 spiro atoms. The third-order valence-electron chi connectivity index (χ3n) is 5.88. The molecule has 1 amide bonds. The topological polar surface area (TPSA) is 48.9 Å². The lowest BCUT2D eigenvalue weighted by Crippen LogP contribution is -2.55. The van der Waals surface area contributed by atoms with Crippen molar-refractivity contribution in [1.82, 2.24) is 14.8 Å². The van der Waals surface area contributed by atoms with Crippen molar-refractivity contribution in [2.45, 2.75) is 25.8 Å². The van der Waals surface area contributed by atoms with Gasteiger partial charge in [0.15, 0.2) is 0 Å². The summed E-state index contributed by atoms with van der Waals surface area (Å²) in [5, 5.41) is 0. The van der Waals surface area contributed by atoms with E-state index < -0.39 is 0 Å². The first-order valence-corrected chi connectivity index (χ1v) is 10.9. The van der Waals surface area contributed by atoms with E-state index in [9.17, 15) is 4.79 Å². The molecule has 0 N–H and O–H groups in total. The lowest BCUT2D eigenvalue weighted by molar-refractivity contribution is 0.0567. The van der Waals surface area contributed by atoms with Crippen molar-refractivity contribution in [3.8, 4) is 5.75 Å². The van der Waals surface area contributed by atoms with Gasteiger partial charge in [-0.1, -0.05) is 12.1 Å². The molecule has 1 unspecified atom stereocenters. The lowest BCUT2D eigenvalue weighted by Gasteiger charge is -2.44. The van der Waals surface area contributed by atoms with E-state index in [1.807, 2.05) is 24.0 Å². The third-order valence-corrected chi connectivity index (χ3v) is 6.80. The average Bonchev–Trinajstić information content (AvgIpc) is 3.19. The Morgan fingerprint density at radius 3 is 2.68 bits per heavy atom. The Kier molecular flexibility index (Phi) is 5.82. The Morgan fingerprint density at radius 2 is 1.96 bits per heavy atom. The summed E-state index contributed by atoms with van der Waals surface area (Å²) < 4.78 is 5.52. The molecule has 4 rings (SSSR count). The van der Waals surface area contributed by atoms with Gasteiger partial charge in [-0.2, -0.15) is 0 Å². The minimum Gasteiger partial charge on any atom is -0.495 e. The van der Waals surface area contributed by atoms with Crippen molar-refractivity contribution in [1.29, 1.82) is 0 Å². The summed E-state index contributed by atoms with van der Waals surface area (Å²) in [6, 6.07) is 8.68. The molecule has 2 aromatic rings. The van der Waals surface area contributed by atoms with Crippen LogP contribution < -0.4 is 9.64 Å². The van der Waals surface area contributed by atoms with Crippen molar-refractivity contribution >= 4 is 22.9 Å². The molecule has 1 aromatic heterocycles. The summed E-state index contributed by atoms with van der Waals surface area (Å²) in [5.74, 6) is 1.09. The van der Waals surface area contributed by atoms with E-state index in [4.69, 9.17) is 4.74 Å². The normalized spacial score (nSPS) is 21.0. The Labute approximate surface area is 170 Å². The highest BCUT2D eigenvalue weighted by Gasteiger charge is 2.31. The van der Waals surface area contributed by atoms with Crippen LogP contribution in [0.5, 0.6) is 5.75 Å². The zero-order valence-corrected chi connectivity index (χ0v) is 17.5. The Hall–Kier alpha value is -2.12. The molecule has 1 atom stereocenters. The molecule has 0 radical (unpaired) electrons. The minimum absolute atomic E-state index is 0.150. The smallest absolute Gasteiger partial charge is 0.265 e.